The first-order valence-corrected chi connectivity index (χ1v) is 5.11. The minimum atomic E-state index is -0.128. The quantitative estimate of drug-likeness (QED) is 0.498. The van der Waals surface area contributed by atoms with Gasteiger partial charge < -0.3 is 5.73 Å². The highest BCUT2D eigenvalue weighted by Crippen LogP contribution is 2.19. The molecule has 0 atom stereocenters. The number of nitrogen functional groups attached to an aromatic ring is 1. The second-order valence-corrected chi connectivity index (χ2v) is 3.49. The summed E-state index contributed by atoms with van der Waals surface area (Å²) in [5.74, 6) is -0.128. The van der Waals surface area contributed by atoms with Gasteiger partial charge in [0.05, 0.1) is 10.9 Å². The van der Waals surface area contributed by atoms with Crippen LogP contribution in [-0.4, -0.2) is 11.1 Å². The molecule has 0 fully saturated rings. The molecule has 4 heteroatoms. The molecule has 3 nitrogen and oxygen atoms in total. The summed E-state index contributed by atoms with van der Waals surface area (Å²) in [5, 5.41) is 9.08. The Bertz CT molecular complexity index is 421. The van der Waals surface area contributed by atoms with Crippen LogP contribution < -0.4 is 5.73 Å². The van der Waals surface area contributed by atoms with Crippen molar-refractivity contribution in [2.45, 2.75) is 6.92 Å². The Kier molecular flexibility index (Phi) is 3.26. The van der Waals surface area contributed by atoms with Gasteiger partial charge >= 0.3 is 0 Å². The summed E-state index contributed by atoms with van der Waals surface area (Å²) >= 11 is 3.06. The maximum atomic E-state index is 11.4. The van der Waals surface area contributed by atoms with Crippen LogP contribution in [-0.2, 0) is 0 Å². The van der Waals surface area contributed by atoms with Crippen LogP contribution in [0.5, 0.6) is 0 Å². The van der Waals surface area contributed by atoms with E-state index in [0.29, 0.717) is 16.8 Å². The van der Waals surface area contributed by atoms with Crippen molar-refractivity contribution in [1.82, 2.24) is 0 Å². The third-order valence-electron chi connectivity index (χ3n) is 1.89. The number of nitrogens with two attached hydrogens (primary N) is 1. The molecule has 0 spiro atoms. The fourth-order valence-corrected chi connectivity index (χ4v) is 1.56. The van der Waals surface area contributed by atoms with Gasteiger partial charge in [-0.1, -0.05) is 15.9 Å². The van der Waals surface area contributed by atoms with Crippen LogP contribution in [0.15, 0.2) is 12.1 Å². The number of carbonyl (C=O) groups is 1. The van der Waals surface area contributed by atoms with Crippen LogP contribution in [0.25, 0.3) is 0 Å². The van der Waals surface area contributed by atoms with Gasteiger partial charge in [-0.3, -0.25) is 4.79 Å². The Balaban J connectivity index is 3.41. The molecule has 1 aromatic rings. The molecule has 14 heavy (non-hydrogen) atoms. The first-order valence-electron chi connectivity index (χ1n) is 3.99. The van der Waals surface area contributed by atoms with E-state index >= 15 is 0 Å². The van der Waals surface area contributed by atoms with Gasteiger partial charge in [-0.25, -0.2) is 0 Å². The molecule has 0 amide bonds. The van der Waals surface area contributed by atoms with Crippen molar-refractivity contribution in [3.8, 4) is 6.07 Å². The molecule has 0 saturated carbocycles. The molecule has 1 aromatic carbocycles. The van der Waals surface area contributed by atoms with Crippen molar-refractivity contribution >= 4 is 27.4 Å². The molecule has 0 unspecified atom stereocenters. The summed E-state index contributed by atoms with van der Waals surface area (Å²) in [6.45, 7) is 1.76. The van der Waals surface area contributed by atoms with Crippen molar-refractivity contribution in [3.63, 3.8) is 0 Å². The summed E-state index contributed by atoms with van der Waals surface area (Å²) < 4.78 is 0. The number of nitrogens with zero attached hydrogens (tertiary/aromatic N) is 1. The average molecular weight is 253 g/mol. The number of benzene rings is 1. The Morgan fingerprint density at radius 1 is 1.64 bits per heavy atom. The zero-order valence-electron chi connectivity index (χ0n) is 7.67. The van der Waals surface area contributed by atoms with E-state index in [9.17, 15) is 4.79 Å². The molecule has 0 saturated heterocycles. The smallest absolute Gasteiger partial charge is 0.174 e. The van der Waals surface area contributed by atoms with Gasteiger partial charge in [-0.05, 0) is 24.6 Å². The molecule has 0 aliphatic carbocycles. The molecule has 0 aliphatic rings. The van der Waals surface area contributed by atoms with E-state index in [4.69, 9.17) is 11.0 Å². The Morgan fingerprint density at radius 3 is 2.79 bits per heavy atom. The number of anilines is 1. The number of halogens is 1. The summed E-state index contributed by atoms with van der Waals surface area (Å²) in [6.07, 6.45) is 0. The van der Waals surface area contributed by atoms with Crippen molar-refractivity contribution in [1.29, 1.82) is 5.26 Å². The summed E-state index contributed by atoms with van der Waals surface area (Å²) in [6, 6.07) is 5.23. The van der Waals surface area contributed by atoms with E-state index in [1.54, 1.807) is 13.0 Å². The summed E-state index contributed by atoms with van der Waals surface area (Å²) in [4.78, 5) is 11.4. The molecular formula is C10H9BrN2O. The first kappa shape index (κ1) is 10.7. The van der Waals surface area contributed by atoms with Gasteiger partial charge in [-0.2, -0.15) is 5.26 Å². The number of aryl methyl sites for hydroxylation is 1. The maximum absolute atomic E-state index is 11.4. The van der Waals surface area contributed by atoms with Crippen molar-refractivity contribution < 1.29 is 4.79 Å². The number of rotatable bonds is 2. The molecular weight excluding hydrogens is 244 g/mol. The van der Waals surface area contributed by atoms with Gasteiger partial charge in [-0.15, -0.1) is 0 Å². The average Bonchev–Trinajstić information content (AvgIpc) is 2.15. The zero-order chi connectivity index (χ0) is 10.7. The fourth-order valence-electron chi connectivity index (χ4n) is 1.26. The number of alkyl halides is 1. The number of carbonyl (C=O) groups excluding carboxylic acids is 1. The van der Waals surface area contributed by atoms with E-state index in [-0.39, 0.29) is 11.1 Å². The van der Waals surface area contributed by atoms with Crippen molar-refractivity contribution in [2.24, 2.45) is 0 Å². The SMILES string of the molecule is Cc1cc(N)cc(C(=O)CBr)c1C#N. The minimum Gasteiger partial charge on any atom is -0.399 e. The van der Waals surface area contributed by atoms with Crippen molar-refractivity contribution in [2.75, 3.05) is 11.1 Å². The first-order chi connectivity index (χ1) is 6.60. The van der Waals surface area contributed by atoms with Crippen LogP contribution >= 0.6 is 15.9 Å². The zero-order valence-corrected chi connectivity index (χ0v) is 9.26. The maximum Gasteiger partial charge on any atom is 0.174 e. The monoisotopic (exact) mass is 252 g/mol. The Hall–Kier alpha value is -1.34. The van der Waals surface area contributed by atoms with Crippen LogP contribution in [0.1, 0.15) is 21.5 Å². The number of Topliss-reactive ketones (excluding diaryl/α,β-unsaturated/α-hetero) is 1. The molecule has 0 aliphatic heterocycles. The highest BCUT2D eigenvalue weighted by Gasteiger charge is 2.12. The van der Waals surface area contributed by atoms with E-state index in [1.807, 2.05) is 6.07 Å². The van der Waals surface area contributed by atoms with Crippen LogP contribution in [0.4, 0.5) is 5.69 Å². The third-order valence-corrected chi connectivity index (χ3v) is 2.40. The number of nitriles is 1. The van der Waals surface area contributed by atoms with Crippen LogP contribution in [0.3, 0.4) is 0 Å². The van der Waals surface area contributed by atoms with Crippen molar-refractivity contribution in [3.05, 3.63) is 28.8 Å². The lowest BCUT2D eigenvalue weighted by molar-refractivity contribution is 0.102. The molecule has 1 rings (SSSR count). The predicted octanol–water partition coefficient (Wildman–Crippen LogP) is 2.03. The van der Waals surface area contributed by atoms with Gasteiger partial charge in [0.2, 0.25) is 0 Å². The number of hydrogen-bond donors (Lipinski definition) is 1. The lowest BCUT2D eigenvalue weighted by Crippen LogP contribution is -2.06. The van der Waals surface area contributed by atoms with Gasteiger partial charge in [0.15, 0.2) is 5.78 Å². The standard InChI is InChI=1S/C10H9BrN2O/c1-6-2-7(13)3-8(9(6)5-12)10(14)4-11/h2-3H,4,13H2,1H3. The number of hydrogen-bond acceptors (Lipinski definition) is 3. The van der Waals surface area contributed by atoms with E-state index in [2.05, 4.69) is 15.9 Å². The highest BCUT2D eigenvalue weighted by molar-refractivity contribution is 9.09. The Morgan fingerprint density at radius 2 is 2.29 bits per heavy atom. The molecule has 0 heterocycles. The highest BCUT2D eigenvalue weighted by atomic mass is 79.9. The van der Waals surface area contributed by atoms with Crippen LogP contribution in [0.2, 0.25) is 0 Å². The second-order valence-electron chi connectivity index (χ2n) is 2.93. The normalized spacial score (nSPS) is 9.50. The molecule has 2 N–H and O–H groups in total. The second kappa shape index (κ2) is 4.25. The summed E-state index contributed by atoms with van der Waals surface area (Å²) in [7, 11) is 0. The summed E-state index contributed by atoms with van der Waals surface area (Å²) in [5.41, 5.74) is 7.63. The van der Waals surface area contributed by atoms with Gasteiger partial charge in [0.1, 0.15) is 6.07 Å². The lowest BCUT2D eigenvalue weighted by atomic mass is 9.99. The van der Waals surface area contributed by atoms with E-state index < -0.39 is 0 Å². The van der Waals surface area contributed by atoms with Crippen LogP contribution in [0, 0.1) is 18.3 Å². The fraction of sp³-hybridized carbons (Fsp3) is 0.200. The molecule has 0 radical (unpaired) electrons. The minimum absolute atomic E-state index is 0.128. The largest absolute Gasteiger partial charge is 0.399 e. The topological polar surface area (TPSA) is 66.9 Å². The molecule has 72 valence electrons. The van der Waals surface area contributed by atoms with E-state index in [0.717, 1.165) is 5.56 Å². The van der Waals surface area contributed by atoms with Gasteiger partial charge in [0.25, 0.3) is 0 Å². The third kappa shape index (κ3) is 1.94. The lowest BCUT2D eigenvalue weighted by Gasteiger charge is -2.05. The van der Waals surface area contributed by atoms with Gasteiger partial charge in [0, 0.05) is 11.3 Å². The molecule has 0 bridgehead atoms. The number of ketones is 1. The predicted molar refractivity (Wildman–Crippen MR) is 58.4 cm³/mol. The van der Waals surface area contributed by atoms with E-state index in [1.165, 1.54) is 6.07 Å². The Labute approximate surface area is 90.7 Å². The molecule has 0 aromatic heterocycles.